The molecule has 0 saturated heterocycles. The van der Waals surface area contributed by atoms with Gasteiger partial charge in [0, 0.05) is 41.5 Å². The van der Waals surface area contributed by atoms with Crippen molar-refractivity contribution in [1.29, 1.82) is 0 Å². The summed E-state index contributed by atoms with van der Waals surface area (Å²) in [6, 6.07) is 15.4. The van der Waals surface area contributed by atoms with Crippen LogP contribution in [-0.4, -0.2) is 27.6 Å². The van der Waals surface area contributed by atoms with Crippen LogP contribution in [0.2, 0.25) is 0 Å². The summed E-state index contributed by atoms with van der Waals surface area (Å²) in [7, 11) is 1.51. The number of aromatic nitrogens is 3. The molecule has 0 radical (unpaired) electrons. The van der Waals surface area contributed by atoms with Crippen LogP contribution >= 0.6 is 0 Å². The Balaban J connectivity index is 1.38. The highest BCUT2D eigenvalue weighted by Gasteiger charge is 2.17. The first-order chi connectivity index (χ1) is 18.3. The van der Waals surface area contributed by atoms with E-state index >= 15 is 0 Å². The van der Waals surface area contributed by atoms with Crippen molar-refractivity contribution in [2.45, 2.75) is 6.92 Å². The van der Waals surface area contributed by atoms with Crippen molar-refractivity contribution in [3.05, 3.63) is 112 Å². The zero-order chi connectivity index (χ0) is 26.8. The number of halogens is 2. The Labute approximate surface area is 215 Å². The van der Waals surface area contributed by atoms with E-state index in [9.17, 15) is 18.4 Å². The Morgan fingerprint density at radius 2 is 1.74 bits per heavy atom. The third-order valence-electron chi connectivity index (χ3n) is 5.77. The van der Waals surface area contributed by atoms with Gasteiger partial charge in [0.25, 0.3) is 11.5 Å². The van der Waals surface area contributed by atoms with Crippen LogP contribution in [0.25, 0.3) is 16.7 Å². The summed E-state index contributed by atoms with van der Waals surface area (Å²) in [6.45, 7) is 1.69. The Hall–Kier alpha value is -5.12. The van der Waals surface area contributed by atoms with E-state index in [1.54, 1.807) is 25.1 Å². The molecule has 190 valence electrons. The van der Waals surface area contributed by atoms with Gasteiger partial charge in [-0.3, -0.25) is 19.1 Å². The molecule has 38 heavy (non-hydrogen) atoms. The summed E-state index contributed by atoms with van der Waals surface area (Å²) in [4.78, 5) is 34.5. The van der Waals surface area contributed by atoms with Gasteiger partial charge in [-0.05, 0) is 55.5 Å². The zero-order valence-electron chi connectivity index (χ0n) is 20.2. The minimum absolute atomic E-state index is 0.0953. The predicted molar refractivity (Wildman–Crippen MR) is 137 cm³/mol. The van der Waals surface area contributed by atoms with Gasteiger partial charge in [-0.1, -0.05) is 0 Å². The lowest BCUT2D eigenvalue weighted by atomic mass is 10.2. The van der Waals surface area contributed by atoms with Gasteiger partial charge in [0.15, 0.2) is 17.3 Å². The number of anilines is 1. The fourth-order valence-electron chi connectivity index (χ4n) is 3.87. The van der Waals surface area contributed by atoms with Crippen LogP contribution in [0.5, 0.6) is 17.2 Å². The second-order valence-corrected chi connectivity index (χ2v) is 8.26. The van der Waals surface area contributed by atoms with Crippen LogP contribution in [-0.2, 0) is 0 Å². The topological polar surface area (TPSA) is 95.3 Å². The van der Waals surface area contributed by atoms with Gasteiger partial charge in [0.05, 0.1) is 18.8 Å². The highest BCUT2D eigenvalue weighted by atomic mass is 19.1. The van der Waals surface area contributed by atoms with Crippen LogP contribution < -0.4 is 20.3 Å². The lowest BCUT2D eigenvalue weighted by Gasteiger charge is -2.13. The maximum atomic E-state index is 14.9. The Bertz CT molecular complexity index is 1740. The molecule has 2 aromatic carbocycles. The monoisotopic (exact) mass is 514 g/mol. The molecule has 0 aliphatic rings. The first-order valence-corrected chi connectivity index (χ1v) is 11.4. The number of benzene rings is 2. The molecule has 5 rings (SSSR count). The van der Waals surface area contributed by atoms with Crippen molar-refractivity contribution in [2.75, 3.05) is 12.4 Å². The van der Waals surface area contributed by atoms with Crippen molar-refractivity contribution >= 4 is 22.6 Å². The minimum Gasteiger partial charge on any atom is -0.495 e. The smallest absolute Gasteiger partial charge is 0.268 e. The van der Waals surface area contributed by atoms with Gasteiger partial charge >= 0.3 is 0 Å². The standard InChI is InChI=1S/C28H20F2N4O4/c1-16-3-9-21(28(36)34(16)19-7-4-17(29)5-8-19)27(35)33-18-6-10-24(22(30)13-18)38-25-11-12-31-23-14-20(37-2)15-32-26(23)25/h3-15H,1-2H3,(H,33,35). The normalized spacial score (nSPS) is 10.8. The SMILES string of the molecule is COc1cnc2c(Oc3ccc(NC(=O)c4ccc(C)n(-c5ccc(F)cc5)c4=O)cc3F)ccnc2c1. The molecule has 8 nitrogen and oxygen atoms in total. The van der Waals surface area contributed by atoms with Gasteiger partial charge in [0.1, 0.15) is 22.6 Å². The summed E-state index contributed by atoms with van der Waals surface area (Å²) in [6.07, 6.45) is 3.01. The predicted octanol–water partition coefficient (Wildman–Crippen LogP) is 5.42. The molecule has 10 heteroatoms. The van der Waals surface area contributed by atoms with E-state index < -0.39 is 23.1 Å². The number of nitrogens with one attached hydrogen (secondary N) is 1. The number of ether oxygens (including phenoxy) is 2. The van der Waals surface area contributed by atoms with Crippen LogP contribution in [0.15, 0.2) is 83.9 Å². The molecule has 0 spiro atoms. The van der Waals surface area contributed by atoms with Crippen molar-refractivity contribution in [3.63, 3.8) is 0 Å². The first kappa shape index (κ1) is 24.6. The lowest BCUT2D eigenvalue weighted by Crippen LogP contribution is -2.29. The number of methoxy groups -OCH3 is 1. The Morgan fingerprint density at radius 3 is 2.47 bits per heavy atom. The number of hydrogen-bond acceptors (Lipinski definition) is 6. The molecule has 3 heterocycles. The number of carbonyl (C=O) groups is 1. The molecule has 1 amide bonds. The van der Waals surface area contributed by atoms with Crippen molar-refractivity contribution in [1.82, 2.24) is 14.5 Å². The molecule has 0 saturated carbocycles. The van der Waals surface area contributed by atoms with Gasteiger partial charge < -0.3 is 14.8 Å². The van der Waals surface area contributed by atoms with Gasteiger partial charge in [0.2, 0.25) is 0 Å². The molecule has 0 bridgehead atoms. The summed E-state index contributed by atoms with van der Waals surface area (Å²) < 4.78 is 40.4. The van der Waals surface area contributed by atoms with E-state index in [-0.39, 0.29) is 22.7 Å². The number of amides is 1. The number of aryl methyl sites for hydroxylation is 1. The second-order valence-electron chi connectivity index (χ2n) is 8.26. The number of rotatable bonds is 6. The fourth-order valence-corrected chi connectivity index (χ4v) is 3.87. The molecule has 3 aromatic heterocycles. The van der Waals surface area contributed by atoms with Gasteiger partial charge in [-0.2, -0.15) is 0 Å². The molecule has 0 atom stereocenters. The zero-order valence-corrected chi connectivity index (χ0v) is 20.2. The van der Waals surface area contributed by atoms with Crippen LogP contribution in [0.3, 0.4) is 0 Å². The summed E-state index contributed by atoms with van der Waals surface area (Å²) in [5, 5.41) is 2.54. The number of hydrogen-bond donors (Lipinski definition) is 1. The maximum Gasteiger partial charge on any atom is 0.268 e. The summed E-state index contributed by atoms with van der Waals surface area (Å²) in [5.74, 6) is -1.20. The molecule has 0 aliphatic carbocycles. The summed E-state index contributed by atoms with van der Waals surface area (Å²) in [5.41, 5.74) is 1.26. The van der Waals surface area contributed by atoms with Crippen LogP contribution in [0, 0.1) is 18.6 Å². The molecule has 0 aliphatic heterocycles. The minimum atomic E-state index is -0.742. The Kier molecular flexibility index (Phi) is 6.53. The molecular weight excluding hydrogens is 494 g/mol. The number of pyridine rings is 3. The largest absolute Gasteiger partial charge is 0.495 e. The van der Waals surface area contributed by atoms with Crippen molar-refractivity contribution in [2.24, 2.45) is 0 Å². The lowest BCUT2D eigenvalue weighted by molar-refractivity contribution is 0.102. The van der Waals surface area contributed by atoms with E-state index in [0.29, 0.717) is 28.2 Å². The highest BCUT2D eigenvalue weighted by Crippen LogP contribution is 2.31. The highest BCUT2D eigenvalue weighted by molar-refractivity contribution is 6.04. The van der Waals surface area contributed by atoms with Crippen molar-refractivity contribution < 1.29 is 23.0 Å². The van der Waals surface area contributed by atoms with E-state index in [2.05, 4.69) is 15.3 Å². The van der Waals surface area contributed by atoms with E-state index in [1.807, 2.05) is 0 Å². The van der Waals surface area contributed by atoms with E-state index in [0.717, 1.165) is 6.07 Å². The van der Waals surface area contributed by atoms with Crippen molar-refractivity contribution in [3.8, 4) is 22.9 Å². The molecule has 0 unspecified atom stereocenters. The molecular formula is C28H20F2N4O4. The number of nitrogens with zero attached hydrogens (tertiary/aromatic N) is 3. The summed E-state index contributed by atoms with van der Waals surface area (Å²) >= 11 is 0. The third kappa shape index (κ3) is 4.79. The second kappa shape index (κ2) is 10.1. The average Bonchev–Trinajstić information content (AvgIpc) is 2.91. The van der Waals surface area contributed by atoms with Crippen LogP contribution in [0.4, 0.5) is 14.5 Å². The molecule has 1 N–H and O–H groups in total. The van der Waals surface area contributed by atoms with E-state index in [1.165, 1.54) is 66.5 Å². The first-order valence-electron chi connectivity index (χ1n) is 11.4. The molecule has 0 fully saturated rings. The number of carbonyl (C=O) groups excluding carboxylic acids is 1. The maximum absolute atomic E-state index is 14.9. The van der Waals surface area contributed by atoms with E-state index in [4.69, 9.17) is 9.47 Å². The van der Waals surface area contributed by atoms with Gasteiger partial charge in [-0.15, -0.1) is 0 Å². The quantitative estimate of drug-likeness (QED) is 0.325. The fraction of sp³-hybridized carbons (Fsp3) is 0.0714. The number of fused-ring (bicyclic) bond motifs is 1. The van der Waals surface area contributed by atoms with Gasteiger partial charge in [-0.25, -0.2) is 13.8 Å². The third-order valence-corrected chi connectivity index (χ3v) is 5.77. The Morgan fingerprint density at radius 1 is 0.947 bits per heavy atom. The average molecular weight is 514 g/mol. The molecule has 5 aromatic rings. The van der Waals surface area contributed by atoms with Crippen LogP contribution in [0.1, 0.15) is 16.1 Å².